The molecule has 6 nitrogen and oxygen atoms in total. The largest absolute Gasteiger partial charge is 0.492 e. The molecule has 23 heavy (non-hydrogen) atoms. The first-order chi connectivity index (χ1) is 11.1. The Kier molecular flexibility index (Phi) is 7.01. The molecule has 1 aromatic carbocycles. The second-order valence-corrected chi connectivity index (χ2v) is 6.55. The fourth-order valence-electron chi connectivity index (χ4n) is 1.70. The Balaban J connectivity index is 1.70. The van der Waals surface area contributed by atoms with Crippen LogP contribution < -0.4 is 10.1 Å². The van der Waals surface area contributed by atoms with E-state index in [9.17, 15) is 4.79 Å². The third kappa shape index (κ3) is 5.93. The molecule has 0 aliphatic rings. The molecule has 9 heteroatoms. The average molecular weight is 375 g/mol. The van der Waals surface area contributed by atoms with Crippen molar-refractivity contribution in [1.82, 2.24) is 15.2 Å². The van der Waals surface area contributed by atoms with Crippen molar-refractivity contribution in [2.75, 3.05) is 17.7 Å². The highest BCUT2D eigenvalue weighted by atomic mass is 35.5. The summed E-state index contributed by atoms with van der Waals surface area (Å²) in [5.41, 5.74) is 0. The average Bonchev–Trinajstić information content (AvgIpc) is 2.93. The van der Waals surface area contributed by atoms with Crippen molar-refractivity contribution in [3.63, 3.8) is 0 Å². The van der Waals surface area contributed by atoms with E-state index >= 15 is 0 Å². The summed E-state index contributed by atoms with van der Waals surface area (Å²) < 4.78 is 5.52. The van der Waals surface area contributed by atoms with Crippen molar-refractivity contribution in [3.8, 4) is 5.75 Å². The van der Waals surface area contributed by atoms with Crippen molar-refractivity contribution in [1.29, 1.82) is 0 Å². The molecular weight excluding hydrogens is 359 g/mol. The Morgan fingerprint density at radius 3 is 3.00 bits per heavy atom. The summed E-state index contributed by atoms with van der Waals surface area (Å²) in [6.07, 6.45) is 0.859. The number of ether oxygens (including phenoxy) is 1. The topological polar surface area (TPSA) is 79.9 Å². The molecule has 0 aliphatic heterocycles. The summed E-state index contributed by atoms with van der Waals surface area (Å²) in [7, 11) is 0. The van der Waals surface area contributed by atoms with Crippen LogP contribution in [-0.2, 0) is 4.79 Å². The maximum Gasteiger partial charge on any atom is 0.226 e. The highest BCUT2D eigenvalue weighted by molar-refractivity contribution is 7.99. The van der Waals surface area contributed by atoms with E-state index in [4.69, 9.17) is 27.9 Å². The molecule has 2 aromatic rings. The third-order valence-corrected chi connectivity index (χ3v) is 3.96. The number of nitrogens with zero attached hydrogens (tertiary/aromatic N) is 2. The monoisotopic (exact) mass is 374 g/mol. The van der Waals surface area contributed by atoms with Gasteiger partial charge in [0.2, 0.25) is 17.0 Å². The van der Waals surface area contributed by atoms with Crippen LogP contribution in [0.2, 0.25) is 10.0 Å². The number of H-pyrrole nitrogens is 1. The number of aromatic amines is 1. The molecule has 0 aliphatic carbocycles. The van der Waals surface area contributed by atoms with Crippen LogP contribution in [-0.4, -0.2) is 33.4 Å². The molecule has 0 radical (unpaired) electrons. The molecule has 0 fully saturated rings. The summed E-state index contributed by atoms with van der Waals surface area (Å²) in [5, 5.41) is 10.9. The van der Waals surface area contributed by atoms with E-state index < -0.39 is 0 Å². The fourth-order valence-corrected chi connectivity index (χ4v) is 2.68. The van der Waals surface area contributed by atoms with Gasteiger partial charge in [0.1, 0.15) is 5.75 Å². The van der Waals surface area contributed by atoms with E-state index in [-0.39, 0.29) is 5.91 Å². The predicted molar refractivity (Wildman–Crippen MR) is 92.6 cm³/mol. The second kappa shape index (κ2) is 9.00. The highest BCUT2D eigenvalue weighted by Gasteiger charge is 2.08. The molecule has 0 unspecified atom stereocenters. The van der Waals surface area contributed by atoms with Crippen LogP contribution in [0.5, 0.6) is 5.75 Å². The van der Waals surface area contributed by atoms with Crippen LogP contribution in [0.1, 0.15) is 19.8 Å². The van der Waals surface area contributed by atoms with Gasteiger partial charge in [-0.2, -0.15) is 4.98 Å². The molecule has 0 bridgehead atoms. The van der Waals surface area contributed by atoms with Gasteiger partial charge in [-0.3, -0.25) is 10.1 Å². The summed E-state index contributed by atoms with van der Waals surface area (Å²) in [6, 6.07) is 5.01. The van der Waals surface area contributed by atoms with E-state index in [1.165, 1.54) is 11.8 Å². The second-order valence-electron chi connectivity index (χ2n) is 4.47. The van der Waals surface area contributed by atoms with Gasteiger partial charge in [0.15, 0.2) is 0 Å². The predicted octanol–water partition coefficient (Wildman–Crippen LogP) is 4.02. The van der Waals surface area contributed by atoms with Crippen molar-refractivity contribution in [2.24, 2.45) is 0 Å². The Bertz CT molecular complexity index is 666. The molecule has 1 aromatic heterocycles. The number of benzene rings is 1. The SMILES string of the molecule is CCSc1n[nH]c(NC(=O)CCCOc2ccc(Cl)cc2Cl)n1. The van der Waals surface area contributed by atoms with E-state index in [2.05, 4.69) is 20.5 Å². The number of hydrogen-bond donors (Lipinski definition) is 2. The van der Waals surface area contributed by atoms with Gasteiger partial charge in [0.25, 0.3) is 0 Å². The summed E-state index contributed by atoms with van der Waals surface area (Å²) in [6.45, 7) is 2.38. The fraction of sp³-hybridized carbons (Fsp3) is 0.357. The number of hydrogen-bond acceptors (Lipinski definition) is 5. The first-order valence-electron chi connectivity index (χ1n) is 7.01. The summed E-state index contributed by atoms with van der Waals surface area (Å²) >= 11 is 13.3. The number of rotatable bonds is 8. The number of nitrogens with one attached hydrogen (secondary N) is 2. The Morgan fingerprint density at radius 2 is 2.26 bits per heavy atom. The minimum absolute atomic E-state index is 0.153. The number of carbonyl (C=O) groups is 1. The zero-order chi connectivity index (χ0) is 16.7. The van der Waals surface area contributed by atoms with Gasteiger partial charge >= 0.3 is 0 Å². The molecule has 0 saturated carbocycles. The van der Waals surface area contributed by atoms with Crippen LogP contribution in [0.3, 0.4) is 0 Å². The molecule has 0 spiro atoms. The molecular formula is C14H16Cl2N4O2S. The lowest BCUT2D eigenvalue weighted by atomic mass is 10.3. The summed E-state index contributed by atoms with van der Waals surface area (Å²) in [4.78, 5) is 15.9. The number of aromatic nitrogens is 3. The van der Waals surface area contributed by atoms with E-state index in [1.54, 1.807) is 18.2 Å². The molecule has 124 valence electrons. The Hall–Kier alpha value is -1.44. The first kappa shape index (κ1) is 17.9. The standard InChI is InChI=1S/C14H16Cl2N4O2S/c1-2-23-14-18-13(19-20-14)17-12(21)4-3-7-22-11-6-5-9(15)8-10(11)16/h5-6,8H,2-4,7H2,1H3,(H2,17,18,19,20,21). The van der Waals surface area contributed by atoms with E-state index in [0.29, 0.717) is 46.3 Å². The lowest BCUT2D eigenvalue weighted by molar-refractivity contribution is -0.116. The molecule has 1 amide bonds. The van der Waals surface area contributed by atoms with Gasteiger partial charge < -0.3 is 4.74 Å². The van der Waals surface area contributed by atoms with Gasteiger partial charge in [-0.25, -0.2) is 5.10 Å². The van der Waals surface area contributed by atoms with Crippen LogP contribution >= 0.6 is 35.0 Å². The first-order valence-corrected chi connectivity index (χ1v) is 8.75. The zero-order valence-electron chi connectivity index (χ0n) is 12.4. The number of thioether (sulfide) groups is 1. The smallest absolute Gasteiger partial charge is 0.226 e. The van der Waals surface area contributed by atoms with Crippen LogP contribution in [0.25, 0.3) is 0 Å². The highest BCUT2D eigenvalue weighted by Crippen LogP contribution is 2.27. The minimum Gasteiger partial charge on any atom is -0.492 e. The van der Waals surface area contributed by atoms with Crippen molar-refractivity contribution in [2.45, 2.75) is 24.9 Å². The van der Waals surface area contributed by atoms with E-state index in [1.807, 2.05) is 6.92 Å². The lowest BCUT2D eigenvalue weighted by Crippen LogP contribution is -2.13. The quantitative estimate of drug-likeness (QED) is 0.538. The normalized spacial score (nSPS) is 10.6. The molecule has 1 heterocycles. The molecule has 0 atom stereocenters. The number of anilines is 1. The molecule has 2 rings (SSSR count). The number of amides is 1. The van der Waals surface area contributed by atoms with Gasteiger partial charge in [-0.05, 0) is 30.4 Å². The van der Waals surface area contributed by atoms with Crippen molar-refractivity contribution >= 4 is 46.8 Å². The number of halogens is 2. The Labute approximate surface area is 148 Å². The zero-order valence-corrected chi connectivity index (χ0v) is 14.8. The minimum atomic E-state index is -0.153. The molecule has 2 N–H and O–H groups in total. The van der Waals surface area contributed by atoms with Gasteiger partial charge in [-0.1, -0.05) is 41.9 Å². The van der Waals surface area contributed by atoms with Gasteiger partial charge in [-0.15, -0.1) is 5.10 Å². The van der Waals surface area contributed by atoms with Crippen molar-refractivity contribution in [3.05, 3.63) is 28.2 Å². The van der Waals surface area contributed by atoms with Gasteiger partial charge in [0.05, 0.1) is 11.6 Å². The van der Waals surface area contributed by atoms with Crippen molar-refractivity contribution < 1.29 is 9.53 Å². The summed E-state index contributed by atoms with van der Waals surface area (Å²) in [5.74, 6) is 1.62. The lowest BCUT2D eigenvalue weighted by Gasteiger charge is -2.08. The van der Waals surface area contributed by atoms with Gasteiger partial charge in [0, 0.05) is 11.4 Å². The van der Waals surface area contributed by atoms with E-state index in [0.717, 1.165) is 5.75 Å². The van der Waals surface area contributed by atoms with Crippen LogP contribution in [0, 0.1) is 0 Å². The number of carbonyl (C=O) groups excluding carboxylic acids is 1. The maximum atomic E-state index is 11.8. The van der Waals surface area contributed by atoms with Crippen LogP contribution in [0.15, 0.2) is 23.4 Å². The Morgan fingerprint density at radius 1 is 1.43 bits per heavy atom. The third-order valence-electron chi connectivity index (χ3n) is 2.70. The van der Waals surface area contributed by atoms with Crippen LogP contribution in [0.4, 0.5) is 5.95 Å². The maximum absolute atomic E-state index is 11.8. The molecule has 0 saturated heterocycles.